The summed E-state index contributed by atoms with van der Waals surface area (Å²) in [6.07, 6.45) is 0. The lowest BCUT2D eigenvalue weighted by Gasteiger charge is -2.35. The maximum atomic E-state index is 13.9. The fourth-order valence-corrected chi connectivity index (χ4v) is 3.08. The second kappa shape index (κ2) is 8.60. The topological polar surface area (TPSA) is 71.1 Å². The highest BCUT2D eigenvalue weighted by Crippen LogP contribution is 2.29. The smallest absolute Gasteiger partial charge is 0.314 e. The molecular weight excluding hydrogens is 365 g/mol. The molecule has 0 aromatic heterocycles. The van der Waals surface area contributed by atoms with Gasteiger partial charge in [0, 0.05) is 32.2 Å². The van der Waals surface area contributed by atoms with Gasteiger partial charge in [-0.15, -0.1) is 0 Å². The van der Waals surface area contributed by atoms with Crippen molar-refractivity contribution in [3.8, 4) is 11.5 Å². The van der Waals surface area contributed by atoms with Crippen LogP contribution in [0.5, 0.6) is 11.5 Å². The summed E-state index contributed by atoms with van der Waals surface area (Å²) in [4.78, 5) is 28.2. The van der Waals surface area contributed by atoms with Crippen LogP contribution in [-0.2, 0) is 9.59 Å². The van der Waals surface area contributed by atoms with Gasteiger partial charge in [-0.05, 0) is 24.3 Å². The minimum atomic E-state index is -0.747. The van der Waals surface area contributed by atoms with Gasteiger partial charge in [-0.1, -0.05) is 12.1 Å². The van der Waals surface area contributed by atoms with Gasteiger partial charge in [0.2, 0.25) is 0 Å². The number of hydrogen-bond donors (Lipinski definition) is 1. The highest BCUT2D eigenvalue weighted by molar-refractivity contribution is 6.39. The van der Waals surface area contributed by atoms with Gasteiger partial charge in [-0.3, -0.25) is 9.59 Å². The Morgan fingerprint density at radius 3 is 2.36 bits per heavy atom. The number of anilines is 2. The fraction of sp³-hybridized carbons (Fsp3) is 0.300. The molecule has 1 heterocycles. The van der Waals surface area contributed by atoms with E-state index in [4.69, 9.17) is 9.47 Å². The van der Waals surface area contributed by atoms with E-state index in [0.29, 0.717) is 49.1 Å². The average Bonchev–Trinajstić information content (AvgIpc) is 2.74. The molecule has 0 bridgehead atoms. The van der Waals surface area contributed by atoms with E-state index in [0.717, 1.165) is 0 Å². The summed E-state index contributed by atoms with van der Waals surface area (Å²) in [5, 5.41) is 2.58. The van der Waals surface area contributed by atoms with E-state index in [1.807, 2.05) is 4.90 Å². The van der Waals surface area contributed by atoms with Crippen molar-refractivity contribution in [1.29, 1.82) is 0 Å². The summed E-state index contributed by atoms with van der Waals surface area (Å²) in [5.41, 5.74) is 0.883. The van der Waals surface area contributed by atoms with Crippen LogP contribution in [0.4, 0.5) is 15.8 Å². The molecule has 1 fully saturated rings. The van der Waals surface area contributed by atoms with Crippen LogP contribution in [-0.4, -0.2) is 57.1 Å². The zero-order valence-corrected chi connectivity index (χ0v) is 15.8. The fourth-order valence-electron chi connectivity index (χ4n) is 3.08. The highest BCUT2D eigenvalue weighted by Gasteiger charge is 2.27. The molecule has 1 N–H and O–H groups in total. The van der Waals surface area contributed by atoms with Crippen LogP contribution in [0.2, 0.25) is 0 Å². The van der Waals surface area contributed by atoms with Gasteiger partial charge in [0.1, 0.15) is 17.3 Å². The lowest BCUT2D eigenvalue weighted by molar-refractivity contribution is -0.143. The first-order chi connectivity index (χ1) is 13.5. The number of amides is 2. The van der Waals surface area contributed by atoms with Crippen molar-refractivity contribution in [1.82, 2.24) is 4.90 Å². The van der Waals surface area contributed by atoms with E-state index < -0.39 is 11.8 Å². The quantitative estimate of drug-likeness (QED) is 0.814. The first-order valence-corrected chi connectivity index (χ1v) is 8.85. The zero-order valence-electron chi connectivity index (χ0n) is 15.8. The molecule has 0 aliphatic carbocycles. The van der Waals surface area contributed by atoms with Gasteiger partial charge in [0.15, 0.2) is 0 Å². The lowest BCUT2D eigenvalue weighted by atomic mass is 10.2. The third-order valence-corrected chi connectivity index (χ3v) is 4.61. The predicted octanol–water partition coefficient (Wildman–Crippen LogP) is 2.13. The molecule has 0 radical (unpaired) electrons. The van der Waals surface area contributed by atoms with E-state index in [9.17, 15) is 14.0 Å². The molecule has 1 aliphatic heterocycles. The summed E-state index contributed by atoms with van der Waals surface area (Å²) >= 11 is 0. The molecule has 0 atom stereocenters. The Bertz CT molecular complexity index is 866. The Balaban J connectivity index is 1.61. The van der Waals surface area contributed by atoms with Gasteiger partial charge in [-0.2, -0.15) is 0 Å². The number of para-hydroxylation sites is 1. The van der Waals surface area contributed by atoms with Crippen LogP contribution in [0.1, 0.15) is 0 Å². The number of benzene rings is 2. The third-order valence-electron chi connectivity index (χ3n) is 4.61. The van der Waals surface area contributed by atoms with Gasteiger partial charge >= 0.3 is 11.8 Å². The van der Waals surface area contributed by atoms with Crippen LogP contribution in [0, 0.1) is 5.82 Å². The summed E-state index contributed by atoms with van der Waals surface area (Å²) in [5.74, 6) is -0.712. The second-order valence-corrected chi connectivity index (χ2v) is 6.25. The van der Waals surface area contributed by atoms with Crippen LogP contribution >= 0.6 is 0 Å². The molecule has 2 aromatic carbocycles. The number of rotatable bonds is 4. The van der Waals surface area contributed by atoms with Crippen LogP contribution in [0.25, 0.3) is 0 Å². The van der Waals surface area contributed by atoms with Crippen molar-refractivity contribution >= 4 is 23.2 Å². The van der Waals surface area contributed by atoms with Crippen LogP contribution in [0.3, 0.4) is 0 Å². The summed E-state index contributed by atoms with van der Waals surface area (Å²) in [6.45, 7) is 1.57. The summed E-state index contributed by atoms with van der Waals surface area (Å²) < 4.78 is 24.3. The van der Waals surface area contributed by atoms with Crippen LogP contribution < -0.4 is 19.7 Å². The largest absolute Gasteiger partial charge is 0.497 e. The van der Waals surface area contributed by atoms with E-state index >= 15 is 0 Å². The molecule has 0 saturated carbocycles. The molecule has 148 valence electrons. The van der Waals surface area contributed by atoms with Crippen molar-refractivity contribution in [2.75, 3.05) is 50.6 Å². The monoisotopic (exact) mass is 387 g/mol. The average molecular weight is 387 g/mol. The normalized spacial score (nSPS) is 13.8. The Hall–Kier alpha value is -3.29. The Morgan fingerprint density at radius 2 is 1.71 bits per heavy atom. The van der Waals surface area contributed by atoms with Gasteiger partial charge < -0.3 is 24.6 Å². The maximum Gasteiger partial charge on any atom is 0.314 e. The molecule has 1 saturated heterocycles. The minimum Gasteiger partial charge on any atom is -0.497 e. The second-order valence-electron chi connectivity index (χ2n) is 6.25. The van der Waals surface area contributed by atoms with Crippen molar-refractivity contribution < 1.29 is 23.5 Å². The number of carbonyl (C=O) groups is 2. The number of ether oxygens (including phenoxy) is 2. The number of hydrogen-bond acceptors (Lipinski definition) is 5. The predicted molar refractivity (Wildman–Crippen MR) is 103 cm³/mol. The van der Waals surface area contributed by atoms with E-state index in [1.165, 1.54) is 25.2 Å². The molecule has 3 rings (SSSR count). The maximum absolute atomic E-state index is 13.9. The van der Waals surface area contributed by atoms with E-state index in [1.54, 1.807) is 36.4 Å². The Morgan fingerprint density at radius 1 is 1.00 bits per heavy atom. The molecule has 2 amide bonds. The molecular formula is C20H22FN3O4. The number of methoxy groups -OCH3 is 2. The Kier molecular flexibility index (Phi) is 5.98. The van der Waals surface area contributed by atoms with Crippen LogP contribution in [0.15, 0.2) is 42.5 Å². The molecule has 0 spiro atoms. The number of carbonyl (C=O) groups excluding carboxylic acids is 2. The highest BCUT2D eigenvalue weighted by atomic mass is 19.1. The van der Waals surface area contributed by atoms with Gasteiger partial charge in [0.05, 0.1) is 25.6 Å². The number of nitrogens with one attached hydrogen (secondary N) is 1. The molecule has 28 heavy (non-hydrogen) atoms. The van der Waals surface area contributed by atoms with Crippen molar-refractivity contribution in [2.24, 2.45) is 0 Å². The standard InChI is InChI=1S/C20H22FN3O4/c1-27-14-7-8-16(18(13-14)28-2)22-19(25)20(26)24-11-9-23(10-12-24)17-6-4-3-5-15(17)21/h3-8,13H,9-12H2,1-2H3,(H,22,25). The number of nitrogens with zero attached hydrogens (tertiary/aromatic N) is 2. The Labute approximate surface area is 162 Å². The summed E-state index contributed by atoms with van der Waals surface area (Å²) in [6, 6.07) is 11.4. The lowest BCUT2D eigenvalue weighted by Crippen LogP contribution is -2.51. The molecule has 7 nitrogen and oxygen atoms in total. The van der Waals surface area contributed by atoms with E-state index in [2.05, 4.69) is 5.32 Å². The van der Waals surface area contributed by atoms with E-state index in [-0.39, 0.29) is 5.82 Å². The van der Waals surface area contributed by atoms with Gasteiger partial charge in [0.25, 0.3) is 0 Å². The summed E-state index contributed by atoms with van der Waals surface area (Å²) in [7, 11) is 2.99. The first-order valence-electron chi connectivity index (χ1n) is 8.85. The SMILES string of the molecule is COc1ccc(NC(=O)C(=O)N2CCN(c3ccccc3F)CC2)c(OC)c1. The van der Waals surface area contributed by atoms with Gasteiger partial charge in [-0.25, -0.2) is 4.39 Å². The molecule has 8 heteroatoms. The van der Waals surface area contributed by atoms with Crippen molar-refractivity contribution in [3.05, 3.63) is 48.3 Å². The minimum absolute atomic E-state index is 0.299. The van der Waals surface area contributed by atoms with Crippen molar-refractivity contribution in [3.63, 3.8) is 0 Å². The molecule has 1 aliphatic rings. The molecule has 2 aromatic rings. The number of piperazine rings is 1. The molecule has 0 unspecified atom stereocenters. The van der Waals surface area contributed by atoms with Crippen molar-refractivity contribution in [2.45, 2.75) is 0 Å². The number of halogens is 1. The third kappa shape index (κ3) is 4.16. The zero-order chi connectivity index (χ0) is 20.1. The first kappa shape index (κ1) is 19.5.